The fourth-order valence-corrected chi connectivity index (χ4v) is 4.92. The number of aromatic amines is 1. The molecule has 2 unspecified atom stereocenters. The molecule has 2 atom stereocenters. The van der Waals surface area contributed by atoms with Crippen molar-refractivity contribution in [1.82, 2.24) is 20.1 Å². The maximum Gasteiger partial charge on any atom is 0.290 e. The van der Waals surface area contributed by atoms with Crippen molar-refractivity contribution in [3.8, 4) is 0 Å². The van der Waals surface area contributed by atoms with Gasteiger partial charge in [-0.3, -0.25) is 24.5 Å². The van der Waals surface area contributed by atoms with Crippen LogP contribution < -0.4 is 5.32 Å². The zero-order valence-corrected chi connectivity index (χ0v) is 17.7. The van der Waals surface area contributed by atoms with Gasteiger partial charge >= 0.3 is 0 Å². The largest absolute Gasteiger partial charge is 0.483 e. The van der Waals surface area contributed by atoms with Crippen molar-refractivity contribution in [1.29, 1.82) is 0 Å². The number of likely N-dealkylation sites (tertiary alicyclic amines) is 1. The van der Waals surface area contributed by atoms with Gasteiger partial charge in [0, 0.05) is 30.3 Å². The van der Waals surface area contributed by atoms with E-state index in [9.17, 15) is 9.59 Å². The van der Waals surface area contributed by atoms with E-state index in [0.29, 0.717) is 24.2 Å². The van der Waals surface area contributed by atoms with E-state index < -0.39 is 11.5 Å². The van der Waals surface area contributed by atoms with Crippen molar-refractivity contribution in [2.24, 2.45) is 0 Å². The third-order valence-corrected chi connectivity index (χ3v) is 6.19. The number of hydrogen-bond donors (Lipinski definition) is 3. The van der Waals surface area contributed by atoms with Gasteiger partial charge in [-0.1, -0.05) is 24.3 Å². The lowest BCUT2D eigenvalue weighted by Crippen LogP contribution is -2.42. The Morgan fingerprint density at radius 1 is 1.25 bits per heavy atom. The zero-order chi connectivity index (χ0) is 22.9. The standard InChI is InChI=1S/C22H21N5O2.CH2O2/c1-13-18(14(2)26-25-13)20(28)27-11-9-22(19(27)15-6-5-10-23-12-15)16-7-3-4-8-17(16)24-21(22)29;2-1-3/h3-8,10,12,19H,9,11H2,1-2H3,(H,24,29)(H,25,26);1H,(H,2,3). The predicted octanol–water partition coefficient (Wildman–Crippen LogP) is 2.60. The van der Waals surface area contributed by atoms with Gasteiger partial charge in [-0.05, 0) is 43.5 Å². The van der Waals surface area contributed by atoms with Crippen LogP contribution in [0.4, 0.5) is 5.69 Å². The number of carbonyl (C=O) groups excluding carboxylic acids is 2. The van der Waals surface area contributed by atoms with Crippen LogP contribution in [0.1, 0.15) is 45.3 Å². The second kappa shape index (κ2) is 8.26. The Morgan fingerprint density at radius 2 is 2.00 bits per heavy atom. The highest BCUT2D eigenvalue weighted by Gasteiger charge is 2.59. The number of nitrogens with zero attached hydrogens (tertiary/aromatic N) is 3. The minimum absolute atomic E-state index is 0.0662. The van der Waals surface area contributed by atoms with E-state index in [2.05, 4.69) is 20.5 Å². The average molecular weight is 433 g/mol. The summed E-state index contributed by atoms with van der Waals surface area (Å²) in [5.41, 5.74) is 3.74. The van der Waals surface area contributed by atoms with Gasteiger partial charge in [0.05, 0.1) is 17.3 Å². The minimum atomic E-state index is -0.833. The third kappa shape index (κ3) is 3.13. The first-order valence-corrected chi connectivity index (χ1v) is 10.2. The minimum Gasteiger partial charge on any atom is -0.483 e. The van der Waals surface area contributed by atoms with E-state index in [1.54, 1.807) is 12.4 Å². The summed E-state index contributed by atoms with van der Waals surface area (Å²) in [6.07, 6.45) is 4.00. The number of H-pyrrole nitrogens is 1. The molecular weight excluding hydrogens is 410 g/mol. The number of aromatic nitrogens is 3. The quantitative estimate of drug-likeness (QED) is 0.533. The smallest absolute Gasteiger partial charge is 0.290 e. The van der Waals surface area contributed by atoms with Gasteiger partial charge < -0.3 is 15.3 Å². The normalized spacial score (nSPS) is 21.0. The molecule has 1 saturated heterocycles. The second-order valence-corrected chi connectivity index (χ2v) is 7.82. The number of carboxylic acid groups (broad SMARTS) is 1. The molecule has 5 rings (SSSR count). The van der Waals surface area contributed by atoms with Crippen molar-refractivity contribution < 1.29 is 19.5 Å². The zero-order valence-electron chi connectivity index (χ0n) is 17.7. The fraction of sp³-hybridized carbons (Fsp3) is 0.261. The average Bonchev–Trinajstić information content (AvgIpc) is 3.44. The molecule has 2 amide bonds. The molecule has 9 heteroatoms. The van der Waals surface area contributed by atoms with Gasteiger partial charge in [-0.2, -0.15) is 5.10 Å². The van der Waals surface area contributed by atoms with E-state index in [0.717, 1.165) is 22.5 Å². The lowest BCUT2D eigenvalue weighted by atomic mass is 9.73. The highest BCUT2D eigenvalue weighted by atomic mass is 16.3. The maximum absolute atomic E-state index is 13.6. The highest BCUT2D eigenvalue weighted by molar-refractivity contribution is 6.08. The lowest BCUT2D eigenvalue weighted by molar-refractivity contribution is -0.123. The molecule has 3 N–H and O–H groups in total. The van der Waals surface area contributed by atoms with E-state index >= 15 is 0 Å². The van der Waals surface area contributed by atoms with Crippen molar-refractivity contribution in [3.63, 3.8) is 0 Å². The third-order valence-electron chi connectivity index (χ3n) is 6.19. The van der Waals surface area contributed by atoms with Crippen LogP contribution >= 0.6 is 0 Å². The van der Waals surface area contributed by atoms with Crippen LogP contribution in [0.15, 0.2) is 48.8 Å². The topological polar surface area (TPSA) is 128 Å². The van der Waals surface area contributed by atoms with Gasteiger partial charge in [-0.25, -0.2) is 0 Å². The summed E-state index contributed by atoms with van der Waals surface area (Å²) in [6, 6.07) is 11.1. The van der Waals surface area contributed by atoms with Crippen LogP contribution in [-0.4, -0.2) is 50.0 Å². The lowest BCUT2D eigenvalue weighted by Gasteiger charge is -2.34. The molecule has 0 bridgehead atoms. The second-order valence-electron chi connectivity index (χ2n) is 7.82. The molecular formula is C23H23N5O4. The Labute approximate surface area is 184 Å². The molecule has 0 aliphatic carbocycles. The number of hydrogen-bond acceptors (Lipinski definition) is 5. The number of anilines is 1. The Balaban J connectivity index is 0.000000775. The number of aryl methyl sites for hydroxylation is 2. The predicted molar refractivity (Wildman–Crippen MR) is 116 cm³/mol. The first kappa shape index (κ1) is 21.2. The maximum atomic E-state index is 13.6. The Bertz CT molecular complexity index is 1160. The monoisotopic (exact) mass is 433 g/mol. The van der Waals surface area contributed by atoms with Gasteiger partial charge in [0.25, 0.3) is 12.4 Å². The number of nitrogens with one attached hydrogen (secondary N) is 2. The van der Waals surface area contributed by atoms with Crippen LogP contribution in [0.5, 0.6) is 0 Å². The number of amides is 2. The van der Waals surface area contributed by atoms with E-state index in [-0.39, 0.29) is 18.3 Å². The Hall–Kier alpha value is -4.01. The summed E-state index contributed by atoms with van der Waals surface area (Å²) in [4.78, 5) is 41.4. The van der Waals surface area contributed by atoms with Gasteiger partial charge in [0.2, 0.25) is 5.91 Å². The van der Waals surface area contributed by atoms with Crippen LogP contribution in [0.25, 0.3) is 0 Å². The van der Waals surface area contributed by atoms with Crippen molar-refractivity contribution >= 4 is 24.0 Å². The molecule has 2 aliphatic heterocycles. The van der Waals surface area contributed by atoms with E-state index in [1.165, 1.54) is 0 Å². The summed E-state index contributed by atoms with van der Waals surface area (Å²) in [5, 5.41) is 17.0. The summed E-state index contributed by atoms with van der Waals surface area (Å²) >= 11 is 0. The number of rotatable bonds is 2. The van der Waals surface area contributed by atoms with Crippen LogP contribution in [0, 0.1) is 13.8 Å². The van der Waals surface area contributed by atoms with Crippen molar-refractivity contribution in [2.75, 3.05) is 11.9 Å². The Morgan fingerprint density at radius 3 is 2.66 bits per heavy atom. The number of carbonyl (C=O) groups is 3. The molecule has 1 fully saturated rings. The van der Waals surface area contributed by atoms with Gasteiger partial charge in [-0.15, -0.1) is 0 Å². The molecule has 9 nitrogen and oxygen atoms in total. The van der Waals surface area contributed by atoms with Crippen LogP contribution in [0.3, 0.4) is 0 Å². The van der Waals surface area contributed by atoms with Crippen molar-refractivity contribution in [2.45, 2.75) is 31.7 Å². The van der Waals surface area contributed by atoms with E-state index in [1.807, 2.05) is 55.1 Å². The molecule has 4 heterocycles. The van der Waals surface area contributed by atoms with Gasteiger partial charge in [0.1, 0.15) is 5.41 Å². The summed E-state index contributed by atoms with van der Waals surface area (Å²) < 4.78 is 0. The summed E-state index contributed by atoms with van der Waals surface area (Å²) in [5.74, 6) is -0.180. The molecule has 0 saturated carbocycles. The number of para-hydroxylation sites is 1. The number of pyridine rings is 1. The van der Waals surface area contributed by atoms with Crippen LogP contribution in [0.2, 0.25) is 0 Å². The van der Waals surface area contributed by atoms with E-state index in [4.69, 9.17) is 9.90 Å². The highest BCUT2D eigenvalue weighted by Crippen LogP contribution is 2.54. The molecule has 164 valence electrons. The first-order valence-electron chi connectivity index (χ1n) is 10.2. The fourth-order valence-electron chi connectivity index (χ4n) is 4.92. The molecule has 1 spiro atoms. The SMILES string of the molecule is Cc1n[nH]c(C)c1C(=O)N1CCC2(C(=O)Nc3ccccc32)C1c1cccnc1.O=CO. The Kier molecular flexibility index (Phi) is 5.48. The molecule has 2 aliphatic rings. The molecule has 2 aromatic heterocycles. The first-order chi connectivity index (χ1) is 15.5. The molecule has 1 aromatic carbocycles. The summed E-state index contributed by atoms with van der Waals surface area (Å²) in [7, 11) is 0. The molecule has 0 radical (unpaired) electrons. The van der Waals surface area contributed by atoms with Crippen molar-refractivity contribution in [3.05, 3.63) is 76.9 Å². The molecule has 3 aromatic rings. The molecule has 32 heavy (non-hydrogen) atoms. The number of fused-ring (bicyclic) bond motifs is 2. The van der Waals surface area contributed by atoms with Gasteiger partial charge in [0.15, 0.2) is 0 Å². The van der Waals surface area contributed by atoms with Crippen LogP contribution in [-0.2, 0) is 15.0 Å². The number of benzene rings is 1. The summed E-state index contributed by atoms with van der Waals surface area (Å²) in [6.45, 7) is 3.89.